The normalized spacial score (nSPS) is 37.0. The lowest BCUT2D eigenvalue weighted by Crippen LogP contribution is -2.45. The maximum atomic E-state index is 8.97. The van der Waals surface area contributed by atoms with Crippen LogP contribution in [0.5, 0.6) is 0 Å². The third-order valence-electron chi connectivity index (χ3n) is 2.29. The van der Waals surface area contributed by atoms with Crippen molar-refractivity contribution in [3.63, 3.8) is 0 Å². The Kier molecular flexibility index (Phi) is 1.82. The summed E-state index contributed by atoms with van der Waals surface area (Å²) in [5.41, 5.74) is -0.161. The number of nitrogens with one attached hydrogen (secondary N) is 1. The van der Waals surface area contributed by atoms with Crippen molar-refractivity contribution in [2.75, 3.05) is 11.5 Å². The summed E-state index contributed by atoms with van der Waals surface area (Å²) in [6.07, 6.45) is 3.58. The van der Waals surface area contributed by atoms with Crippen molar-refractivity contribution in [2.24, 2.45) is 0 Å². The van der Waals surface area contributed by atoms with Crippen molar-refractivity contribution < 1.29 is 0 Å². The largest absolute Gasteiger partial charge is 0.296 e. The molecule has 0 radical (unpaired) electrons. The highest BCUT2D eigenvalue weighted by Gasteiger charge is 2.38. The molecule has 1 saturated heterocycles. The molecular weight excluding hydrogens is 156 g/mol. The van der Waals surface area contributed by atoms with E-state index in [0.29, 0.717) is 6.04 Å². The highest BCUT2D eigenvalue weighted by atomic mass is 32.2. The van der Waals surface area contributed by atoms with Gasteiger partial charge in [-0.2, -0.15) is 17.0 Å². The Balaban J connectivity index is 1.97. The first-order chi connectivity index (χ1) is 5.35. The van der Waals surface area contributed by atoms with Crippen LogP contribution in [0.2, 0.25) is 0 Å². The first-order valence-electron chi connectivity index (χ1n) is 4.11. The SMILES string of the molecule is N#CC1(NC2CC2)CCSC1. The summed E-state index contributed by atoms with van der Waals surface area (Å²) >= 11 is 1.89. The van der Waals surface area contributed by atoms with Crippen LogP contribution < -0.4 is 5.32 Å². The third-order valence-corrected chi connectivity index (χ3v) is 3.48. The minimum Gasteiger partial charge on any atom is -0.296 e. The van der Waals surface area contributed by atoms with E-state index in [4.69, 9.17) is 5.26 Å². The fourth-order valence-electron chi connectivity index (χ4n) is 1.42. The van der Waals surface area contributed by atoms with Crippen molar-refractivity contribution in [1.29, 1.82) is 5.26 Å². The smallest absolute Gasteiger partial charge is 0.116 e. The second-order valence-corrected chi connectivity index (χ2v) is 4.52. The van der Waals surface area contributed by atoms with Gasteiger partial charge in [-0.3, -0.25) is 5.32 Å². The lowest BCUT2D eigenvalue weighted by Gasteiger charge is -2.20. The van der Waals surface area contributed by atoms with E-state index in [2.05, 4.69) is 11.4 Å². The van der Waals surface area contributed by atoms with Gasteiger partial charge < -0.3 is 0 Å². The minimum absolute atomic E-state index is 0.161. The molecule has 2 aliphatic rings. The third kappa shape index (κ3) is 1.52. The molecule has 2 rings (SSSR count). The minimum atomic E-state index is -0.161. The van der Waals surface area contributed by atoms with Crippen LogP contribution in [0.1, 0.15) is 19.3 Å². The predicted octanol–water partition coefficient (Wildman–Crippen LogP) is 1.14. The van der Waals surface area contributed by atoms with Crippen LogP contribution in [-0.4, -0.2) is 23.1 Å². The summed E-state index contributed by atoms with van der Waals surface area (Å²) in [4.78, 5) is 0. The summed E-state index contributed by atoms with van der Waals surface area (Å²) in [6, 6.07) is 3.08. The Morgan fingerprint density at radius 1 is 1.55 bits per heavy atom. The molecule has 3 heteroatoms. The molecule has 1 heterocycles. The second kappa shape index (κ2) is 2.69. The zero-order valence-electron chi connectivity index (χ0n) is 6.47. The van der Waals surface area contributed by atoms with E-state index in [-0.39, 0.29) is 5.54 Å². The van der Waals surface area contributed by atoms with E-state index in [1.54, 1.807) is 0 Å². The fraction of sp³-hybridized carbons (Fsp3) is 0.875. The molecule has 1 saturated carbocycles. The molecular formula is C8H12N2S. The monoisotopic (exact) mass is 168 g/mol. The molecule has 1 unspecified atom stereocenters. The van der Waals surface area contributed by atoms with Gasteiger partial charge in [0.05, 0.1) is 6.07 Å². The molecule has 60 valence electrons. The molecule has 0 aromatic heterocycles. The molecule has 2 fully saturated rings. The second-order valence-electron chi connectivity index (χ2n) is 3.42. The average molecular weight is 168 g/mol. The molecule has 0 bridgehead atoms. The highest BCUT2D eigenvalue weighted by molar-refractivity contribution is 7.99. The van der Waals surface area contributed by atoms with E-state index in [9.17, 15) is 0 Å². The van der Waals surface area contributed by atoms with E-state index in [1.165, 1.54) is 12.8 Å². The maximum absolute atomic E-state index is 8.97. The van der Waals surface area contributed by atoms with Gasteiger partial charge in [0.2, 0.25) is 0 Å². The van der Waals surface area contributed by atoms with E-state index < -0.39 is 0 Å². The van der Waals surface area contributed by atoms with Crippen LogP contribution in [0.25, 0.3) is 0 Å². The van der Waals surface area contributed by atoms with E-state index in [0.717, 1.165) is 17.9 Å². The van der Waals surface area contributed by atoms with Crippen molar-refractivity contribution in [1.82, 2.24) is 5.32 Å². The first kappa shape index (κ1) is 7.45. The molecule has 1 N–H and O–H groups in total. The maximum Gasteiger partial charge on any atom is 0.116 e. The molecule has 2 nitrogen and oxygen atoms in total. The molecule has 0 spiro atoms. The number of nitriles is 1. The molecule has 1 aliphatic carbocycles. The Morgan fingerprint density at radius 2 is 2.36 bits per heavy atom. The van der Waals surface area contributed by atoms with E-state index >= 15 is 0 Å². The van der Waals surface area contributed by atoms with Gasteiger partial charge in [-0.25, -0.2) is 0 Å². The van der Waals surface area contributed by atoms with Crippen molar-refractivity contribution in [2.45, 2.75) is 30.8 Å². The van der Waals surface area contributed by atoms with Crippen LogP contribution in [0, 0.1) is 11.3 Å². The summed E-state index contributed by atoms with van der Waals surface area (Å²) < 4.78 is 0. The average Bonchev–Trinajstić information content (AvgIpc) is 2.68. The van der Waals surface area contributed by atoms with Crippen molar-refractivity contribution in [3.05, 3.63) is 0 Å². The lowest BCUT2D eigenvalue weighted by atomic mass is 10.0. The lowest BCUT2D eigenvalue weighted by molar-refractivity contribution is 0.454. The molecule has 0 amide bonds. The number of hydrogen-bond acceptors (Lipinski definition) is 3. The number of hydrogen-bond donors (Lipinski definition) is 1. The van der Waals surface area contributed by atoms with Crippen LogP contribution in [0.3, 0.4) is 0 Å². The Bertz CT molecular complexity index is 187. The van der Waals surface area contributed by atoms with Crippen molar-refractivity contribution >= 4 is 11.8 Å². The highest BCUT2D eigenvalue weighted by Crippen LogP contribution is 2.31. The van der Waals surface area contributed by atoms with Gasteiger partial charge in [-0.15, -0.1) is 0 Å². The summed E-state index contributed by atoms with van der Waals surface area (Å²) in [7, 11) is 0. The summed E-state index contributed by atoms with van der Waals surface area (Å²) in [5.74, 6) is 2.13. The molecule has 11 heavy (non-hydrogen) atoms. The van der Waals surface area contributed by atoms with Gasteiger partial charge in [0.15, 0.2) is 0 Å². The molecule has 1 atom stereocenters. The zero-order valence-corrected chi connectivity index (χ0v) is 7.28. The van der Waals surface area contributed by atoms with Gasteiger partial charge in [0, 0.05) is 11.8 Å². The van der Waals surface area contributed by atoms with Gasteiger partial charge in [-0.1, -0.05) is 0 Å². The fourth-order valence-corrected chi connectivity index (χ4v) is 2.70. The number of rotatable bonds is 2. The Labute approximate surface area is 71.3 Å². The summed E-state index contributed by atoms with van der Waals surface area (Å²) in [5, 5.41) is 12.4. The van der Waals surface area contributed by atoms with Crippen molar-refractivity contribution in [3.8, 4) is 6.07 Å². The van der Waals surface area contributed by atoms with Gasteiger partial charge >= 0.3 is 0 Å². The predicted molar refractivity (Wildman–Crippen MR) is 46.4 cm³/mol. The van der Waals surface area contributed by atoms with E-state index in [1.807, 2.05) is 11.8 Å². The Morgan fingerprint density at radius 3 is 2.82 bits per heavy atom. The van der Waals surface area contributed by atoms with Crippen LogP contribution in [0.4, 0.5) is 0 Å². The summed E-state index contributed by atoms with van der Waals surface area (Å²) in [6.45, 7) is 0. The number of nitrogens with zero attached hydrogens (tertiary/aromatic N) is 1. The van der Waals surface area contributed by atoms with Gasteiger partial charge in [0.1, 0.15) is 5.54 Å². The molecule has 0 aromatic carbocycles. The zero-order chi connectivity index (χ0) is 7.73. The standard InChI is InChI=1S/C8H12N2S/c9-5-8(3-4-11-6-8)10-7-1-2-7/h7,10H,1-4,6H2. The molecule has 0 aromatic rings. The quantitative estimate of drug-likeness (QED) is 0.671. The molecule has 1 aliphatic heterocycles. The van der Waals surface area contributed by atoms with Crippen LogP contribution in [0.15, 0.2) is 0 Å². The van der Waals surface area contributed by atoms with Crippen LogP contribution >= 0.6 is 11.8 Å². The van der Waals surface area contributed by atoms with Gasteiger partial charge in [-0.05, 0) is 25.0 Å². The Hall–Kier alpha value is -0.200. The first-order valence-corrected chi connectivity index (χ1v) is 5.27. The topological polar surface area (TPSA) is 35.8 Å². The van der Waals surface area contributed by atoms with Crippen LogP contribution in [-0.2, 0) is 0 Å². The van der Waals surface area contributed by atoms with Gasteiger partial charge in [0.25, 0.3) is 0 Å². The number of thioether (sulfide) groups is 1.